The summed E-state index contributed by atoms with van der Waals surface area (Å²) in [6, 6.07) is 2.32. The minimum Gasteiger partial charge on any atom is -0.198 e. The van der Waals surface area contributed by atoms with E-state index in [1.165, 1.54) is 44.9 Å². The van der Waals surface area contributed by atoms with Crippen LogP contribution < -0.4 is 0 Å². The van der Waals surface area contributed by atoms with E-state index in [0.29, 0.717) is 5.92 Å². The largest absolute Gasteiger partial charge is 0.198 e. The summed E-state index contributed by atoms with van der Waals surface area (Å²) in [7, 11) is 0. The lowest BCUT2D eigenvalue weighted by atomic mass is 9.71. The van der Waals surface area contributed by atoms with Crippen molar-refractivity contribution in [1.82, 2.24) is 0 Å². The Kier molecular flexibility index (Phi) is 7.77. The Labute approximate surface area is 138 Å². The molecule has 0 bridgehead atoms. The van der Waals surface area contributed by atoms with Gasteiger partial charge in [0.05, 0.1) is 6.07 Å². The molecule has 0 heterocycles. The molecule has 0 amide bonds. The van der Waals surface area contributed by atoms with Crippen LogP contribution in [0.3, 0.4) is 0 Å². The van der Waals surface area contributed by atoms with E-state index in [1.807, 2.05) is 0 Å². The molecule has 0 N–H and O–H groups in total. The summed E-state index contributed by atoms with van der Waals surface area (Å²) in [4.78, 5) is 0. The molecule has 3 saturated carbocycles. The van der Waals surface area contributed by atoms with Crippen molar-refractivity contribution in [2.75, 3.05) is 0 Å². The van der Waals surface area contributed by atoms with Gasteiger partial charge in [0.1, 0.15) is 0 Å². The van der Waals surface area contributed by atoms with Crippen molar-refractivity contribution in [3.63, 3.8) is 0 Å². The van der Waals surface area contributed by atoms with Gasteiger partial charge in [-0.3, -0.25) is 0 Å². The molecule has 0 spiro atoms. The molecule has 0 atom stereocenters. The second-order valence-corrected chi connectivity index (χ2v) is 8.50. The van der Waals surface area contributed by atoms with Crippen LogP contribution in [0.5, 0.6) is 0 Å². The van der Waals surface area contributed by atoms with Crippen molar-refractivity contribution in [1.29, 1.82) is 5.26 Å². The lowest BCUT2D eigenvalue weighted by molar-refractivity contribution is 0.173. The van der Waals surface area contributed by atoms with Gasteiger partial charge in [-0.2, -0.15) is 5.26 Å². The smallest absolute Gasteiger partial charge is 0.0655 e. The molecule has 3 aliphatic rings. The van der Waals surface area contributed by atoms with E-state index in [9.17, 15) is 0 Å². The maximum atomic E-state index is 8.53. The molecule has 0 aromatic carbocycles. The quantitative estimate of drug-likeness (QED) is 0.527. The molecule has 3 rings (SSSR count). The normalized spacial score (nSPS) is 36.8. The molecule has 0 aromatic rings. The van der Waals surface area contributed by atoms with Crippen LogP contribution in [0.4, 0.5) is 0 Å². The van der Waals surface area contributed by atoms with Gasteiger partial charge < -0.3 is 0 Å². The molecule has 1 nitrogen and oxygen atoms in total. The minimum atomic E-state index is 0.376. The van der Waals surface area contributed by atoms with Gasteiger partial charge in [0.2, 0.25) is 0 Å². The summed E-state index contributed by atoms with van der Waals surface area (Å²) in [5, 5.41) is 8.53. The Morgan fingerprint density at radius 1 is 0.591 bits per heavy atom. The van der Waals surface area contributed by atoms with Gasteiger partial charge in [-0.05, 0) is 62.2 Å². The summed E-state index contributed by atoms with van der Waals surface area (Å²) in [6.45, 7) is 4.70. The van der Waals surface area contributed by atoms with Gasteiger partial charge in [-0.25, -0.2) is 0 Å². The first-order chi connectivity index (χ1) is 10.7. The van der Waals surface area contributed by atoms with Crippen molar-refractivity contribution >= 4 is 0 Å². The van der Waals surface area contributed by atoms with Crippen LogP contribution in [0, 0.1) is 40.9 Å². The second-order valence-electron chi connectivity index (χ2n) is 8.50. The standard InChI is InChI=1S/C13H24.C8H13N/c1-11-7-9-13(10-8-11)12-5-3-2-4-6-12;1-7-2-4-8(6-9)5-3-7/h11-13H,2-10H2,1H3;7-8H,2-5H2,1H3. The van der Waals surface area contributed by atoms with E-state index < -0.39 is 0 Å². The van der Waals surface area contributed by atoms with Crippen molar-refractivity contribution in [3.8, 4) is 6.07 Å². The number of nitrogens with zero attached hydrogens (tertiary/aromatic N) is 1. The van der Waals surface area contributed by atoms with Crippen LogP contribution >= 0.6 is 0 Å². The van der Waals surface area contributed by atoms with Gasteiger partial charge in [-0.1, -0.05) is 58.8 Å². The summed E-state index contributed by atoms with van der Waals surface area (Å²) < 4.78 is 0. The van der Waals surface area contributed by atoms with Gasteiger partial charge in [0.25, 0.3) is 0 Å². The Balaban J connectivity index is 0.000000172. The Morgan fingerprint density at radius 2 is 1.05 bits per heavy atom. The van der Waals surface area contributed by atoms with Crippen LogP contribution in [0.15, 0.2) is 0 Å². The van der Waals surface area contributed by atoms with Crippen LogP contribution in [0.25, 0.3) is 0 Å². The third-order valence-corrected chi connectivity index (χ3v) is 6.58. The van der Waals surface area contributed by atoms with Crippen LogP contribution in [-0.4, -0.2) is 0 Å². The fraction of sp³-hybridized carbons (Fsp3) is 0.952. The zero-order valence-corrected chi connectivity index (χ0v) is 15.0. The average molecular weight is 304 g/mol. The topological polar surface area (TPSA) is 23.8 Å². The van der Waals surface area contributed by atoms with Crippen molar-refractivity contribution in [2.45, 2.75) is 97.3 Å². The molecule has 1 heteroatoms. The summed E-state index contributed by atoms with van der Waals surface area (Å²) >= 11 is 0. The Bertz CT molecular complexity index is 320. The highest BCUT2D eigenvalue weighted by atomic mass is 14.3. The van der Waals surface area contributed by atoms with Gasteiger partial charge in [-0.15, -0.1) is 0 Å². The molecule has 3 aliphatic carbocycles. The maximum Gasteiger partial charge on any atom is 0.0655 e. The van der Waals surface area contributed by atoms with Crippen LogP contribution in [-0.2, 0) is 0 Å². The van der Waals surface area contributed by atoms with E-state index in [4.69, 9.17) is 5.26 Å². The van der Waals surface area contributed by atoms with Crippen molar-refractivity contribution in [2.24, 2.45) is 29.6 Å². The molecule has 126 valence electrons. The molecule has 0 aliphatic heterocycles. The Hall–Kier alpha value is -0.510. The number of nitriles is 1. The Morgan fingerprint density at radius 3 is 1.55 bits per heavy atom. The molecule has 0 aromatic heterocycles. The lowest BCUT2D eigenvalue weighted by Gasteiger charge is -2.34. The fourth-order valence-electron chi connectivity index (χ4n) is 4.75. The zero-order chi connectivity index (χ0) is 15.8. The van der Waals surface area contributed by atoms with Gasteiger partial charge in [0.15, 0.2) is 0 Å². The highest BCUT2D eigenvalue weighted by Crippen LogP contribution is 2.39. The van der Waals surface area contributed by atoms with E-state index in [0.717, 1.165) is 36.5 Å². The molecule has 3 fully saturated rings. The predicted octanol–water partition coefficient (Wildman–Crippen LogP) is 6.73. The number of hydrogen-bond acceptors (Lipinski definition) is 1. The zero-order valence-electron chi connectivity index (χ0n) is 15.0. The average Bonchev–Trinajstić information content (AvgIpc) is 2.58. The fourth-order valence-corrected chi connectivity index (χ4v) is 4.75. The SMILES string of the molecule is CC1CCC(C#N)CC1.CC1CCC(C2CCCCC2)CC1. The number of rotatable bonds is 1. The monoisotopic (exact) mass is 303 g/mol. The van der Waals surface area contributed by atoms with E-state index >= 15 is 0 Å². The lowest BCUT2D eigenvalue weighted by Crippen LogP contribution is -2.22. The maximum absolute atomic E-state index is 8.53. The predicted molar refractivity (Wildman–Crippen MR) is 94.4 cm³/mol. The van der Waals surface area contributed by atoms with Crippen molar-refractivity contribution < 1.29 is 0 Å². The first kappa shape index (κ1) is 17.8. The molecular weight excluding hydrogens is 266 g/mol. The second kappa shape index (κ2) is 9.59. The third-order valence-electron chi connectivity index (χ3n) is 6.58. The molecule has 22 heavy (non-hydrogen) atoms. The highest BCUT2D eigenvalue weighted by molar-refractivity contribution is 4.86. The first-order valence-electron chi connectivity index (χ1n) is 10.1. The third kappa shape index (κ3) is 5.94. The first-order valence-corrected chi connectivity index (χ1v) is 10.1. The highest BCUT2D eigenvalue weighted by Gasteiger charge is 2.26. The summed E-state index contributed by atoms with van der Waals surface area (Å²) in [5.41, 5.74) is 0. The van der Waals surface area contributed by atoms with Crippen LogP contribution in [0.2, 0.25) is 0 Å². The van der Waals surface area contributed by atoms with E-state index in [-0.39, 0.29) is 0 Å². The van der Waals surface area contributed by atoms with Crippen molar-refractivity contribution in [3.05, 3.63) is 0 Å². The van der Waals surface area contributed by atoms with Gasteiger partial charge in [0, 0.05) is 5.92 Å². The van der Waals surface area contributed by atoms with Crippen LogP contribution in [0.1, 0.15) is 97.3 Å². The molecule has 0 saturated heterocycles. The van der Waals surface area contributed by atoms with Gasteiger partial charge >= 0.3 is 0 Å². The van der Waals surface area contributed by atoms with E-state index in [2.05, 4.69) is 19.9 Å². The minimum absolute atomic E-state index is 0.376. The molecule has 0 radical (unpaired) electrons. The summed E-state index contributed by atoms with van der Waals surface area (Å²) in [6.07, 6.45) is 18.6. The molecule has 0 unspecified atom stereocenters. The van der Waals surface area contributed by atoms with E-state index in [1.54, 1.807) is 25.7 Å². The number of hydrogen-bond donors (Lipinski definition) is 0. The summed E-state index contributed by atoms with van der Waals surface area (Å²) in [5.74, 6) is 4.52. The molecular formula is C21H37N.